The molecule has 29 heavy (non-hydrogen) atoms. The monoisotopic (exact) mass is 447 g/mol. The maximum Gasteiger partial charge on any atom is 0.372 e. The lowest BCUT2D eigenvalue weighted by atomic mass is 10.2. The number of aromatic amines is 1. The van der Waals surface area contributed by atoms with E-state index in [4.69, 9.17) is 14.0 Å². The molecular weight excluding hydrogens is 421 g/mol. The first-order valence-electron chi connectivity index (χ1n) is 9.11. The average molecular weight is 447 g/mol. The first-order valence-corrected chi connectivity index (χ1v) is 11.8. The van der Waals surface area contributed by atoms with Crippen LogP contribution in [0, 0.1) is 6.92 Å². The zero-order chi connectivity index (χ0) is 21.3. The maximum absolute atomic E-state index is 12.7. The molecule has 2 aliphatic heterocycles. The SMILES string of the molecule is CO[C@@H]1C[C@H](n2cc(C)c(=O)[nH]c2=O)O[C@@H]1COP(=O)(S)N=C1N(C)CCN1C. The molecule has 4 atom stereocenters. The summed E-state index contributed by atoms with van der Waals surface area (Å²) in [7, 11) is 5.23. The number of likely N-dealkylation sites (N-methyl/N-ethyl adjacent to an activating group) is 2. The Bertz CT molecular complexity index is 936. The van der Waals surface area contributed by atoms with Crippen molar-refractivity contribution in [3.8, 4) is 0 Å². The Morgan fingerprint density at radius 1 is 1.34 bits per heavy atom. The summed E-state index contributed by atoms with van der Waals surface area (Å²) in [6.07, 6.45) is 0.200. The van der Waals surface area contributed by atoms with Crippen molar-refractivity contribution in [2.75, 3.05) is 40.9 Å². The number of methoxy groups -OCH3 is 1. The zero-order valence-corrected chi connectivity index (χ0v) is 18.6. The van der Waals surface area contributed by atoms with Gasteiger partial charge in [-0.15, -0.1) is 0 Å². The fourth-order valence-electron chi connectivity index (χ4n) is 3.33. The summed E-state index contributed by atoms with van der Waals surface area (Å²) in [6, 6.07) is 0. The minimum Gasteiger partial charge on any atom is -0.378 e. The summed E-state index contributed by atoms with van der Waals surface area (Å²) in [5, 5.41) is 0. The number of hydrogen-bond acceptors (Lipinski definition) is 6. The Labute approximate surface area is 173 Å². The fourth-order valence-corrected chi connectivity index (χ4v) is 4.70. The third kappa shape index (κ3) is 4.95. The van der Waals surface area contributed by atoms with E-state index in [-0.39, 0.29) is 6.61 Å². The molecule has 162 valence electrons. The van der Waals surface area contributed by atoms with E-state index in [0.29, 0.717) is 17.9 Å². The van der Waals surface area contributed by atoms with Gasteiger partial charge in [0.2, 0.25) is 5.96 Å². The van der Waals surface area contributed by atoms with Gasteiger partial charge in [0.05, 0.1) is 12.7 Å². The highest BCUT2D eigenvalue weighted by atomic mass is 32.7. The Balaban J connectivity index is 1.70. The van der Waals surface area contributed by atoms with Gasteiger partial charge in [-0.25, -0.2) is 4.79 Å². The lowest BCUT2D eigenvalue weighted by molar-refractivity contribution is -0.0478. The van der Waals surface area contributed by atoms with Crippen LogP contribution in [-0.4, -0.2) is 78.4 Å². The van der Waals surface area contributed by atoms with Crippen molar-refractivity contribution in [2.45, 2.75) is 31.8 Å². The van der Waals surface area contributed by atoms with Crippen LogP contribution in [0.5, 0.6) is 0 Å². The first-order chi connectivity index (χ1) is 13.6. The molecule has 13 heteroatoms. The number of aromatic nitrogens is 2. The van der Waals surface area contributed by atoms with Crippen molar-refractivity contribution in [2.24, 2.45) is 4.76 Å². The predicted octanol–water partition coefficient (Wildman–Crippen LogP) is 0.435. The van der Waals surface area contributed by atoms with Gasteiger partial charge in [-0.2, -0.15) is 4.76 Å². The van der Waals surface area contributed by atoms with E-state index in [2.05, 4.69) is 22.0 Å². The minimum atomic E-state index is -3.57. The number of nitrogens with zero attached hydrogens (tertiary/aromatic N) is 4. The third-order valence-electron chi connectivity index (χ3n) is 5.02. The van der Waals surface area contributed by atoms with E-state index in [1.54, 1.807) is 6.92 Å². The molecule has 0 aromatic carbocycles. The average Bonchev–Trinajstić information content (AvgIpc) is 3.21. The molecule has 2 saturated heterocycles. The van der Waals surface area contributed by atoms with Gasteiger partial charge < -0.3 is 23.8 Å². The molecule has 2 fully saturated rings. The highest BCUT2D eigenvalue weighted by Crippen LogP contribution is 2.54. The molecule has 0 bridgehead atoms. The van der Waals surface area contributed by atoms with Gasteiger partial charge in [-0.1, -0.05) is 12.2 Å². The third-order valence-corrected chi connectivity index (χ3v) is 6.55. The smallest absolute Gasteiger partial charge is 0.372 e. The Kier molecular flexibility index (Phi) is 6.59. The number of thiol groups is 1. The summed E-state index contributed by atoms with van der Waals surface area (Å²) < 4.78 is 35.0. The van der Waals surface area contributed by atoms with Crippen LogP contribution in [0.2, 0.25) is 0 Å². The molecule has 0 radical (unpaired) electrons. The van der Waals surface area contributed by atoms with Crippen LogP contribution in [0.25, 0.3) is 0 Å². The number of aryl methyl sites for hydroxylation is 1. The first kappa shape index (κ1) is 22.1. The number of guanidine groups is 1. The second-order valence-electron chi connectivity index (χ2n) is 7.15. The van der Waals surface area contributed by atoms with Gasteiger partial charge >= 0.3 is 12.4 Å². The number of hydrogen-bond donors (Lipinski definition) is 2. The van der Waals surface area contributed by atoms with Crippen LogP contribution in [0.1, 0.15) is 18.2 Å². The normalized spacial score (nSPS) is 26.8. The molecule has 2 aliphatic rings. The largest absolute Gasteiger partial charge is 0.378 e. The highest BCUT2D eigenvalue weighted by molar-refractivity contribution is 8.45. The molecule has 0 amide bonds. The number of rotatable bonds is 6. The van der Waals surface area contributed by atoms with Crippen LogP contribution in [0.15, 0.2) is 20.5 Å². The molecule has 0 saturated carbocycles. The quantitative estimate of drug-likeness (QED) is 0.476. The van der Waals surface area contributed by atoms with Crippen LogP contribution in [-0.2, 0) is 18.6 Å². The van der Waals surface area contributed by atoms with E-state index in [1.165, 1.54) is 17.9 Å². The van der Waals surface area contributed by atoms with E-state index < -0.39 is 36.4 Å². The molecule has 1 N–H and O–H groups in total. The summed E-state index contributed by atoms with van der Waals surface area (Å²) in [6.45, 7) is -0.497. The van der Waals surface area contributed by atoms with Crippen LogP contribution >= 0.6 is 19.0 Å². The number of H-pyrrole nitrogens is 1. The number of nitrogens with one attached hydrogen (secondary N) is 1. The van der Waals surface area contributed by atoms with Gasteiger partial charge in [0.1, 0.15) is 12.3 Å². The summed E-state index contributed by atoms with van der Waals surface area (Å²) in [4.78, 5) is 29.7. The Morgan fingerprint density at radius 3 is 2.62 bits per heavy atom. The molecular formula is C16H26N5O6PS. The van der Waals surface area contributed by atoms with Gasteiger partial charge in [-0.3, -0.25) is 18.9 Å². The van der Waals surface area contributed by atoms with Crippen molar-refractivity contribution in [3.63, 3.8) is 0 Å². The van der Waals surface area contributed by atoms with Crippen molar-refractivity contribution >= 4 is 24.9 Å². The predicted molar refractivity (Wildman–Crippen MR) is 111 cm³/mol. The maximum atomic E-state index is 12.7. The van der Waals surface area contributed by atoms with Crippen molar-refractivity contribution in [1.29, 1.82) is 0 Å². The van der Waals surface area contributed by atoms with Gasteiger partial charge in [0, 0.05) is 52.5 Å². The van der Waals surface area contributed by atoms with E-state index in [0.717, 1.165) is 13.1 Å². The standard InChI is InChI=1S/C16H26N5O6PS/c1-10-8-21(16(23)17-14(10)22)13-7-11(25-4)12(27-13)9-26-28(24,29)18-15-19(2)5-6-20(15)3/h8,11-13H,5-7,9H2,1-4H3,(H,24,29)(H,17,22,23)/t11-,12-,13-,28?/m1/s1. The second-order valence-corrected chi connectivity index (χ2v) is 10.1. The Hall–Kier alpha value is -1.59. The molecule has 1 unspecified atom stereocenters. The van der Waals surface area contributed by atoms with E-state index >= 15 is 0 Å². The molecule has 11 nitrogen and oxygen atoms in total. The van der Waals surface area contributed by atoms with Crippen molar-refractivity contribution in [1.82, 2.24) is 19.4 Å². The molecule has 3 heterocycles. The van der Waals surface area contributed by atoms with Crippen LogP contribution in [0.4, 0.5) is 0 Å². The summed E-state index contributed by atoms with van der Waals surface area (Å²) in [5.41, 5.74) is -0.618. The molecule has 0 aliphatic carbocycles. The second kappa shape index (κ2) is 8.65. The molecule has 0 spiro atoms. The molecule has 1 aromatic heterocycles. The van der Waals surface area contributed by atoms with Gasteiger partial charge in [0.25, 0.3) is 5.56 Å². The molecule has 1 aromatic rings. The minimum absolute atomic E-state index is 0.0723. The lowest BCUT2D eigenvalue weighted by Crippen LogP contribution is -2.33. The topological polar surface area (TPSA) is 118 Å². The van der Waals surface area contributed by atoms with Crippen molar-refractivity contribution in [3.05, 3.63) is 32.6 Å². The highest BCUT2D eigenvalue weighted by Gasteiger charge is 2.38. The lowest BCUT2D eigenvalue weighted by Gasteiger charge is -2.20. The van der Waals surface area contributed by atoms with Gasteiger partial charge in [-0.05, 0) is 6.92 Å². The van der Waals surface area contributed by atoms with Crippen molar-refractivity contribution < 1.29 is 18.6 Å². The van der Waals surface area contributed by atoms with E-state index in [1.807, 2.05) is 23.9 Å². The van der Waals surface area contributed by atoms with Crippen LogP contribution in [0.3, 0.4) is 0 Å². The van der Waals surface area contributed by atoms with Crippen LogP contribution < -0.4 is 11.2 Å². The summed E-state index contributed by atoms with van der Waals surface area (Å²) in [5.74, 6) is 0.548. The zero-order valence-electron chi connectivity index (χ0n) is 16.8. The number of ether oxygens (including phenoxy) is 2. The van der Waals surface area contributed by atoms with E-state index in [9.17, 15) is 14.2 Å². The summed E-state index contributed by atoms with van der Waals surface area (Å²) >= 11 is 4.11. The Morgan fingerprint density at radius 2 is 2.00 bits per heavy atom. The van der Waals surface area contributed by atoms with Gasteiger partial charge in [0.15, 0.2) is 0 Å². The molecule has 3 rings (SSSR count). The fraction of sp³-hybridized carbons (Fsp3) is 0.688.